The Morgan fingerprint density at radius 2 is 0.453 bits per heavy atom. The van der Waals surface area contributed by atoms with Crippen molar-refractivity contribution in [2.45, 2.75) is 51.9 Å². The first-order valence-electron chi connectivity index (χ1n) is 43.1. The smallest absolute Gasteiger partial charge is 0.358 e. The number of nitrogens with two attached hydrogens (primary N) is 5. The molecule has 0 aliphatic heterocycles. The number of nitrogens with one attached hydrogen (secondary N) is 3. The van der Waals surface area contributed by atoms with Gasteiger partial charge in [0.15, 0.2) is 46.0 Å². The first-order chi connectivity index (χ1) is 66.7. The van der Waals surface area contributed by atoms with Gasteiger partial charge in [-0.25, -0.2) is 84.5 Å². The van der Waals surface area contributed by atoms with Gasteiger partial charge in [0.25, 0.3) is 17.7 Å². The first-order valence-corrected chi connectivity index (χ1v) is 43.1. The quantitative estimate of drug-likeness (QED) is 0.0363. The number of hydrogen-bond donors (Lipinski definition) is 9. The molecule has 8 aromatic carbocycles. The molecule has 20 rings (SSSR count). The number of pyridine rings is 4. The summed E-state index contributed by atoms with van der Waals surface area (Å²) in [5.41, 5.74) is 44.3. The molecule has 0 fully saturated rings. The van der Waals surface area contributed by atoms with Crippen LogP contribution in [0.25, 0.3) is 134 Å². The number of aromatic nitrogens is 20. The molecule has 4 atom stereocenters. The third-order valence-corrected chi connectivity index (χ3v) is 21.2. The number of nitrogens with zero attached hydrogens (tertiary/aromatic N) is 20. The third kappa shape index (κ3) is 22.1. The van der Waals surface area contributed by atoms with Crippen LogP contribution >= 0.6 is 0 Å². The van der Waals surface area contributed by atoms with Crippen LogP contribution < -0.4 is 44.6 Å². The second-order valence-corrected chi connectivity index (χ2v) is 30.8. The number of carboxylic acids is 1. The molecule has 0 radical (unpaired) electrons. The largest absolute Gasteiger partial charge is 0.476 e. The van der Waals surface area contributed by atoms with Crippen LogP contribution in [0, 0.1) is 0 Å². The van der Waals surface area contributed by atoms with Gasteiger partial charge in [0.1, 0.15) is 23.3 Å². The van der Waals surface area contributed by atoms with Gasteiger partial charge in [-0.2, -0.15) is 0 Å². The Morgan fingerprint density at radius 1 is 0.241 bits per heavy atom. The minimum absolute atomic E-state index is 0.0451. The molecule has 0 bridgehead atoms. The molecule has 672 valence electrons. The average Bonchev–Trinajstić information content (AvgIpc) is 0.788. The fourth-order valence-electron chi connectivity index (χ4n) is 14.5. The van der Waals surface area contributed by atoms with Gasteiger partial charge in [-0.05, 0) is 125 Å². The Labute approximate surface area is 784 Å². The molecule has 12 heterocycles. The fourth-order valence-corrected chi connectivity index (χ4v) is 14.5. The summed E-state index contributed by atoms with van der Waals surface area (Å²) in [7, 11) is 0. The number of carbonyl (C=O) groups excluding carboxylic acids is 3. The summed E-state index contributed by atoms with van der Waals surface area (Å²) in [5.74, 6) is -0.369. The molecule has 33 nitrogen and oxygen atoms in total. The number of benzene rings is 8. The molecule has 12 aromatic heterocycles. The van der Waals surface area contributed by atoms with Gasteiger partial charge in [0.2, 0.25) is 0 Å². The van der Waals surface area contributed by atoms with Gasteiger partial charge in [0, 0.05) is 140 Å². The van der Waals surface area contributed by atoms with Crippen LogP contribution in [0.1, 0.15) is 117 Å². The van der Waals surface area contributed by atoms with Crippen LogP contribution in [-0.2, 0) is 0 Å². The highest BCUT2D eigenvalue weighted by Crippen LogP contribution is 2.38. The molecule has 137 heavy (non-hydrogen) atoms. The highest BCUT2D eigenvalue weighted by Gasteiger charge is 2.28. The van der Waals surface area contributed by atoms with Crippen molar-refractivity contribution in [3.63, 3.8) is 0 Å². The predicted molar refractivity (Wildman–Crippen MR) is 526 cm³/mol. The molecule has 3 amide bonds. The van der Waals surface area contributed by atoms with Crippen molar-refractivity contribution in [2.75, 3.05) is 22.9 Å². The van der Waals surface area contributed by atoms with Crippen LogP contribution in [0.4, 0.5) is 23.3 Å². The molecule has 20 aromatic rings. The highest BCUT2D eigenvalue weighted by molar-refractivity contribution is 6.02. The van der Waals surface area contributed by atoms with Crippen molar-refractivity contribution in [1.82, 2.24) is 116 Å². The average molecular weight is 1810 g/mol. The lowest BCUT2D eigenvalue weighted by Crippen LogP contribution is -2.29. The van der Waals surface area contributed by atoms with E-state index in [1.807, 2.05) is 250 Å². The molecule has 14 N–H and O–H groups in total. The zero-order chi connectivity index (χ0) is 95.3. The maximum atomic E-state index is 13.1. The van der Waals surface area contributed by atoms with E-state index in [9.17, 15) is 24.3 Å². The summed E-state index contributed by atoms with van der Waals surface area (Å²) < 4.78 is 0. The van der Waals surface area contributed by atoms with Gasteiger partial charge in [0.05, 0.1) is 91.8 Å². The molecular weight excluding hydrogens is 1720 g/mol. The number of nitrogen functional groups attached to an aromatic ring is 4. The van der Waals surface area contributed by atoms with Crippen LogP contribution in [0.2, 0.25) is 0 Å². The lowest BCUT2D eigenvalue weighted by atomic mass is 10.0. The van der Waals surface area contributed by atoms with E-state index < -0.39 is 41.8 Å². The Kier molecular flexibility index (Phi) is 28.5. The Bertz CT molecular complexity index is 7160. The fraction of sp³-hybridized carbons (Fsp3) is 0.0769. The number of carboxylic acid groups (broad SMARTS) is 1. The minimum Gasteiger partial charge on any atom is -0.476 e. The molecular formula is C104H86N28O5. The second kappa shape index (κ2) is 42.8. The SMILES string of the molecule is CC(N)c1ncccn1.CC(NC(=O)c1nc(-c2ccc3ncccc3c2)c(-c2ccccc2)nc1N)c1ncccn1.C[C@@H](NC(=O)c1nc(-c2ccc3ncccc3c2)c(-c2ccccc2)nc1N)c1ncccn1.C[C@H](NC(=O)c1nc(-c2ccc3ncccc3c2)c(-c2ccccc2)nc1N)c1ncccn1.Nc1nc(-c2ccccc2)c(-c2ccc3ncccc3c2)nc1C(=O)O. The number of carbonyl (C=O) groups is 4. The van der Waals surface area contributed by atoms with E-state index in [1.54, 1.807) is 119 Å². The Hall–Kier alpha value is -18.9. The Balaban J connectivity index is 0.000000129. The molecule has 0 aliphatic rings. The second-order valence-electron chi connectivity index (χ2n) is 30.8. The van der Waals surface area contributed by atoms with Crippen molar-refractivity contribution in [1.29, 1.82) is 0 Å². The molecule has 33 heteroatoms. The van der Waals surface area contributed by atoms with E-state index in [4.69, 9.17) is 43.6 Å². The molecule has 2 unspecified atom stereocenters. The van der Waals surface area contributed by atoms with Gasteiger partial charge in [-0.1, -0.05) is 170 Å². The van der Waals surface area contributed by atoms with E-state index in [1.165, 1.54) is 0 Å². The zero-order valence-corrected chi connectivity index (χ0v) is 74.1. The van der Waals surface area contributed by atoms with Crippen molar-refractivity contribution >= 4 is 90.6 Å². The Morgan fingerprint density at radius 3 is 0.679 bits per heavy atom. The van der Waals surface area contributed by atoms with Gasteiger partial charge in [-0.3, -0.25) is 34.3 Å². The highest BCUT2D eigenvalue weighted by atomic mass is 16.4. The van der Waals surface area contributed by atoms with E-state index in [2.05, 4.69) is 101 Å². The molecule has 0 saturated heterocycles. The van der Waals surface area contributed by atoms with Crippen LogP contribution in [0.15, 0.2) is 341 Å². The van der Waals surface area contributed by atoms with Gasteiger partial charge >= 0.3 is 5.97 Å². The van der Waals surface area contributed by atoms with Gasteiger partial charge < -0.3 is 49.7 Å². The van der Waals surface area contributed by atoms with Gasteiger partial charge in [-0.15, -0.1) is 0 Å². The van der Waals surface area contributed by atoms with E-state index in [0.717, 1.165) is 88.1 Å². The lowest BCUT2D eigenvalue weighted by molar-refractivity contribution is 0.0690. The monoisotopic (exact) mass is 1810 g/mol. The van der Waals surface area contributed by atoms with Crippen molar-refractivity contribution in [2.24, 2.45) is 5.73 Å². The number of fused-ring (bicyclic) bond motifs is 4. The zero-order valence-electron chi connectivity index (χ0n) is 74.1. The predicted octanol–water partition coefficient (Wildman–Crippen LogP) is 16.8. The molecule has 0 saturated carbocycles. The van der Waals surface area contributed by atoms with E-state index in [0.29, 0.717) is 68.8 Å². The number of rotatable bonds is 19. The molecule has 0 aliphatic carbocycles. The summed E-state index contributed by atoms with van der Waals surface area (Å²) >= 11 is 0. The number of amides is 3. The van der Waals surface area contributed by atoms with E-state index in [-0.39, 0.29) is 52.1 Å². The van der Waals surface area contributed by atoms with Crippen molar-refractivity contribution < 1.29 is 24.3 Å². The number of hydrogen-bond acceptors (Lipinski definition) is 29. The van der Waals surface area contributed by atoms with Crippen LogP contribution in [-0.4, -0.2) is 128 Å². The molecule has 0 spiro atoms. The van der Waals surface area contributed by atoms with Crippen molar-refractivity contribution in [3.05, 3.63) is 387 Å². The topological polar surface area (TPSA) is 512 Å². The normalized spacial score (nSPS) is 11.7. The standard InChI is InChI=1S/3C26H21N7O.C20H14N4O2.C6H9N3/c3*1-16(25-29-13-6-14-30-25)31-26(34)23-24(27)33-21(17-7-3-2-4-8-17)22(32-23)19-10-11-20-18(15-19)9-5-12-28-20;21-19-18(20(25)26)23-17(16(24-19)12-5-2-1-3-6-12)14-8-9-15-13(11-14)7-4-10-22-15;1-5(7)6-8-3-2-4-9-6/h3*2-16H,1H3,(H2,27,33)(H,31,34);1-11H,(H2,21,24)(H,25,26);2-5H,7H2,1H3/t2*16-;;;/m10.../s1. The summed E-state index contributed by atoms with van der Waals surface area (Å²) in [6.07, 6.45) is 20.1. The minimum atomic E-state index is -1.21. The van der Waals surface area contributed by atoms with Crippen LogP contribution in [0.5, 0.6) is 0 Å². The third-order valence-electron chi connectivity index (χ3n) is 21.2. The summed E-state index contributed by atoms with van der Waals surface area (Å²) in [6, 6.07) is 82.4. The van der Waals surface area contributed by atoms with E-state index >= 15 is 0 Å². The summed E-state index contributed by atoms with van der Waals surface area (Å²) in [5, 5.41) is 21.8. The maximum Gasteiger partial charge on any atom is 0.358 e. The number of aromatic carboxylic acids is 1. The van der Waals surface area contributed by atoms with Crippen molar-refractivity contribution in [3.8, 4) is 90.1 Å². The maximum absolute atomic E-state index is 13.1. The first kappa shape index (κ1) is 91.4. The van der Waals surface area contributed by atoms with Crippen LogP contribution in [0.3, 0.4) is 0 Å². The number of anilines is 4. The summed E-state index contributed by atoms with van der Waals surface area (Å²) in [6.45, 7) is 7.25. The lowest BCUT2D eigenvalue weighted by Gasteiger charge is -2.15. The summed E-state index contributed by atoms with van der Waals surface area (Å²) in [4.78, 5) is 138.